The molecule has 1 saturated carbocycles. The van der Waals surface area contributed by atoms with E-state index in [-0.39, 0.29) is 6.10 Å². The molecule has 11 nitrogen and oxygen atoms in total. The zero-order valence-electron chi connectivity index (χ0n) is 18.6. The van der Waals surface area contributed by atoms with Crippen molar-refractivity contribution in [1.29, 1.82) is 16.1 Å². The Balaban J connectivity index is 1.53. The Morgan fingerprint density at radius 3 is 2.56 bits per heavy atom. The summed E-state index contributed by atoms with van der Waals surface area (Å²) >= 11 is 0. The average Bonchev–Trinajstić information content (AvgIpc) is 3.56. The topological polar surface area (TPSA) is 152 Å². The minimum absolute atomic E-state index is 0.283. The number of rotatable bonds is 8. The minimum atomic E-state index is -0.283. The second-order valence-corrected chi connectivity index (χ2v) is 8.60. The van der Waals surface area contributed by atoms with Crippen LogP contribution in [0.15, 0.2) is 30.5 Å². The maximum atomic E-state index is 9.90. The summed E-state index contributed by atoms with van der Waals surface area (Å²) in [7, 11) is 0. The number of anilines is 5. The SMILES string of the molecule is N#Cc1cnc2c(NC3CC3)cc(Nc3cc(N(C=N)C=N)cc(N4CCC(O)CC4)c3)nn12. The summed E-state index contributed by atoms with van der Waals surface area (Å²) in [6.45, 7) is 1.44. The number of nitrogens with one attached hydrogen (secondary N) is 4. The number of nitriles is 1. The lowest BCUT2D eigenvalue weighted by Crippen LogP contribution is -2.35. The Kier molecular flexibility index (Phi) is 5.73. The molecule has 1 saturated heterocycles. The molecule has 11 heteroatoms. The van der Waals surface area contributed by atoms with E-state index in [4.69, 9.17) is 10.8 Å². The van der Waals surface area contributed by atoms with Gasteiger partial charge < -0.3 is 20.6 Å². The first-order valence-electron chi connectivity index (χ1n) is 11.3. The standard InChI is InChI=1S/C23H26N10O/c24-11-19-12-27-23-21(28-15-1-2-15)10-22(30-33(19)23)29-16-7-17(31-5-3-20(34)4-6-31)9-18(8-16)32(13-25)14-26/h7-10,12-15,20,25-26,28,34H,1-6H2,(H,29,30). The summed E-state index contributed by atoms with van der Waals surface area (Å²) in [6.07, 6.45) is 6.99. The smallest absolute Gasteiger partial charge is 0.178 e. The molecule has 5 rings (SSSR count). The van der Waals surface area contributed by atoms with Gasteiger partial charge in [0.1, 0.15) is 6.07 Å². The molecule has 2 fully saturated rings. The van der Waals surface area contributed by atoms with Gasteiger partial charge in [-0.15, -0.1) is 5.10 Å². The Bertz CT molecular complexity index is 1260. The minimum Gasteiger partial charge on any atom is -0.393 e. The molecule has 0 radical (unpaired) electrons. The van der Waals surface area contributed by atoms with Gasteiger partial charge in [-0.25, -0.2) is 4.98 Å². The zero-order valence-corrected chi connectivity index (χ0v) is 18.6. The number of aromatic nitrogens is 3. The second kappa shape index (κ2) is 8.99. The molecule has 0 bridgehead atoms. The van der Waals surface area contributed by atoms with Crippen LogP contribution >= 0.6 is 0 Å². The van der Waals surface area contributed by atoms with Gasteiger partial charge >= 0.3 is 0 Å². The summed E-state index contributed by atoms with van der Waals surface area (Å²) in [4.78, 5) is 7.96. The van der Waals surface area contributed by atoms with Crippen molar-refractivity contribution in [2.24, 2.45) is 0 Å². The van der Waals surface area contributed by atoms with E-state index in [2.05, 4.69) is 31.7 Å². The third-order valence-corrected chi connectivity index (χ3v) is 6.10. The summed E-state index contributed by atoms with van der Waals surface area (Å²) in [5.74, 6) is 0.540. The Morgan fingerprint density at radius 2 is 1.88 bits per heavy atom. The van der Waals surface area contributed by atoms with Crippen molar-refractivity contribution in [3.63, 3.8) is 0 Å². The van der Waals surface area contributed by atoms with Crippen molar-refractivity contribution < 1.29 is 5.11 Å². The van der Waals surface area contributed by atoms with E-state index in [1.165, 1.54) is 15.6 Å². The van der Waals surface area contributed by atoms with Crippen LogP contribution in [-0.4, -0.2) is 57.6 Å². The van der Waals surface area contributed by atoms with Crippen LogP contribution in [0, 0.1) is 22.1 Å². The number of nitrogens with zero attached hydrogens (tertiary/aromatic N) is 6. The lowest BCUT2D eigenvalue weighted by atomic mass is 10.1. The van der Waals surface area contributed by atoms with Crippen molar-refractivity contribution in [2.45, 2.75) is 37.8 Å². The highest BCUT2D eigenvalue weighted by molar-refractivity contribution is 5.99. The maximum Gasteiger partial charge on any atom is 0.178 e. The molecule has 0 amide bonds. The van der Waals surface area contributed by atoms with E-state index in [1.54, 1.807) is 0 Å². The van der Waals surface area contributed by atoms with Crippen LogP contribution in [0.25, 0.3) is 5.65 Å². The molecule has 5 N–H and O–H groups in total. The molecule has 0 spiro atoms. The summed E-state index contributed by atoms with van der Waals surface area (Å²) in [5, 5.41) is 46.1. The van der Waals surface area contributed by atoms with Crippen molar-refractivity contribution in [3.8, 4) is 6.07 Å². The van der Waals surface area contributed by atoms with Gasteiger partial charge in [0.15, 0.2) is 17.2 Å². The van der Waals surface area contributed by atoms with Crippen LogP contribution in [0.4, 0.5) is 28.6 Å². The summed E-state index contributed by atoms with van der Waals surface area (Å²) in [6, 6.07) is 10.2. The van der Waals surface area contributed by atoms with Crippen LogP contribution in [0.3, 0.4) is 0 Å². The van der Waals surface area contributed by atoms with Crippen molar-refractivity contribution in [2.75, 3.05) is 33.5 Å². The average molecular weight is 459 g/mol. The quantitative estimate of drug-likeness (QED) is 0.255. The number of hydrogen-bond donors (Lipinski definition) is 5. The molecule has 1 aromatic carbocycles. The van der Waals surface area contributed by atoms with Crippen LogP contribution in [0.1, 0.15) is 31.4 Å². The molecule has 3 aromatic rings. The number of piperidine rings is 1. The summed E-state index contributed by atoms with van der Waals surface area (Å²) in [5.41, 5.74) is 4.08. The van der Waals surface area contributed by atoms with Gasteiger partial charge in [-0.3, -0.25) is 15.7 Å². The largest absolute Gasteiger partial charge is 0.393 e. The fourth-order valence-electron chi connectivity index (χ4n) is 4.12. The Hall–Kier alpha value is -4.17. The van der Waals surface area contributed by atoms with E-state index in [0.717, 1.165) is 55.7 Å². The maximum absolute atomic E-state index is 9.90. The molecule has 2 aliphatic rings. The van der Waals surface area contributed by atoms with Gasteiger partial charge in [0.25, 0.3) is 0 Å². The number of hydrogen-bond acceptors (Lipinski definition) is 9. The predicted molar refractivity (Wildman–Crippen MR) is 132 cm³/mol. The van der Waals surface area contributed by atoms with Crippen molar-refractivity contribution in [3.05, 3.63) is 36.2 Å². The molecule has 1 aliphatic carbocycles. The first kappa shape index (κ1) is 21.7. The highest BCUT2D eigenvalue weighted by Gasteiger charge is 2.24. The van der Waals surface area contributed by atoms with Gasteiger partial charge in [-0.05, 0) is 43.9 Å². The highest BCUT2D eigenvalue weighted by Crippen LogP contribution is 2.33. The lowest BCUT2D eigenvalue weighted by molar-refractivity contribution is 0.145. The Labute approximate surface area is 196 Å². The molecule has 3 heterocycles. The van der Waals surface area contributed by atoms with Crippen LogP contribution in [-0.2, 0) is 0 Å². The van der Waals surface area contributed by atoms with Crippen LogP contribution < -0.4 is 20.4 Å². The van der Waals surface area contributed by atoms with E-state index in [9.17, 15) is 10.4 Å². The second-order valence-electron chi connectivity index (χ2n) is 8.60. The monoisotopic (exact) mass is 458 g/mol. The number of aliphatic hydroxyl groups excluding tert-OH is 1. The fraction of sp³-hybridized carbons (Fsp3) is 0.348. The lowest BCUT2D eigenvalue weighted by Gasteiger charge is -2.32. The third kappa shape index (κ3) is 4.35. The van der Waals surface area contributed by atoms with Crippen LogP contribution in [0.2, 0.25) is 0 Å². The molecular formula is C23H26N10O. The van der Waals surface area contributed by atoms with Gasteiger partial charge in [-0.1, -0.05) is 0 Å². The fourth-order valence-corrected chi connectivity index (χ4v) is 4.12. The Morgan fingerprint density at radius 1 is 1.12 bits per heavy atom. The van der Waals surface area contributed by atoms with E-state index in [0.29, 0.717) is 41.7 Å². The molecule has 2 aromatic heterocycles. The highest BCUT2D eigenvalue weighted by atomic mass is 16.3. The number of fused-ring (bicyclic) bond motifs is 1. The van der Waals surface area contributed by atoms with Crippen molar-refractivity contribution in [1.82, 2.24) is 14.6 Å². The molecule has 34 heavy (non-hydrogen) atoms. The predicted octanol–water partition coefficient (Wildman–Crippen LogP) is 2.90. The normalized spacial score (nSPS) is 16.2. The first-order valence-corrected chi connectivity index (χ1v) is 11.3. The van der Waals surface area contributed by atoms with Gasteiger partial charge in [0, 0.05) is 36.6 Å². The van der Waals surface area contributed by atoms with Crippen molar-refractivity contribution >= 4 is 46.9 Å². The van der Waals surface area contributed by atoms with E-state index in [1.807, 2.05) is 24.3 Å². The number of aliphatic hydroxyl groups is 1. The van der Waals surface area contributed by atoms with E-state index < -0.39 is 0 Å². The third-order valence-electron chi connectivity index (χ3n) is 6.10. The zero-order chi connectivity index (χ0) is 23.7. The van der Waals surface area contributed by atoms with E-state index >= 15 is 0 Å². The first-order chi connectivity index (χ1) is 16.6. The molecule has 1 aliphatic heterocycles. The van der Waals surface area contributed by atoms with Gasteiger partial charge in [0.05, 0.1) is 36.4 Å². The number of imidazole rings is 1. The molecule has 174 valence electrons. The molecule has 0 atom stereocenters. The van der Waals surface area contributed by atoms with Gasteiger partial charge in [-0.2, -0.15) is 9.78 Å². The summed E-state index contributed by atoms with van der Waals surface area (Å²) < 4.78 is 1.53. The molecule has 0 unspecified atom stereocenters. The number of benzene rings is 1. The van der Waals surface area contributed by atoms with Gasteiger partial charge in [0.2, 0.25) is 0 Å². The van der Waals surface area contributed by atoms with Crippen LogP contribution in [0.5, 0.6) is 0 Å². The molecular weight excluding hydrogens is 432 g/mol.